The number of nitrogens with one attached hydrogen (secondary N) is 1. The van der Waals surface area contributed by atoms with Crippen LogP contribution in [0.5, 0.6) is 0 Å². The maximum atomic E-state index is 14.1. The van der Waals surface area contributed by atoms with E-state index in [1.54, 1.807) is 12.3 Å². The lowest BCUT2D eigenvalue weighted by Crippen LogP contribution is -2.47. The molecule has 4 aromatic rings. The fraction of sp³-hybridized carbons (Fsp3) is 0.333. The van der Waals surface area contributed by atoms with Crippen molar-refractivity contribution in [3.63, 3.8) is 0 Å². The fourth-order valence-electron chi connectivity index (χ4n) is 5.14. The molecule has 0 fully saturated rings. The third-order valence-corrected chi connectivity index (χ3v) is 7.16. The van der Waals surface area contributed by atoms with Crippen LogP contribution in [0.4, 0.5) is 4.39 Å². The summed E-state index contributed by atoms with van der Waals surface area (Å²) >= 11 is 0. The maximum Gasteiger partial charge on any atom is 0.123 e. The summed E-state index contributed by atoms with van der Waals surface area (Å²) in [6, 6.07) is 15.8. The van der Waals surface area contributed by atoms with Gasteiger partial charge in [-0.25, -0.2) is 4.39 Å². The number of likely N-dealkylation sites (N-methyl/N-ethyl adjacent to an activating group) is 1. The van der Waals surface area contributed by atoms with Gasteiger partial charge in [-0.15, -0.1) is 5.10 Å². The Balaban J connectivity index is 1.47. The summed E-state index contributed by atoms with van der Waals surface area (Å²) in [6.45, 7) is 0.708. The smallest absolute Gasteiger partial charge is 0.123 e. The number of allylic oxidation sites excluding steroid dienone is 1. The highest BCUT2D eigenvalue weighted by Gasteiger charge is 2.35. The number of aromatic nitrogens is 4. The number of fused-ring (bicyclic) bond motifs is 1. The normalized spacial score (nSPS) is 18.7. The molecule has 1 N–H and O–H groups in total. The molecule has 1 atom stereocenters. The number of aryl methyl sites for hydroxylation is 2. The molecule has 2 heterocycles. The molecule has 0 amide bonds. The van der Waals surface area contributed by atoms with Gasteiger partial charge in [-0.1, -0.05) is 41.6 Å². The number of H-pyrrole nitrogens is 1. The quantitative estimate of drug-likeness (QED) is 0.424. The molecular weight excluding hydrogens is 413 g/mol. The number of aromatic amines is 1. The third-order valence-electron chi connectivity index (χ3n) is 7.16. The summed E-state index contributed by atoms with van der Waals surface area (Å²) < 4.78 is 15.9. The first-order valence-corrected chi connectivity index (χ1v) is 11.6. The van der Waals surface area contributed by atoms with E-state index in [1.807, 2.05) is 16.9 Å². The van der Waals surface area contributed by atoms with Gasteiger partial charge in [0, 0.05) is 34.9 Å². The first-order valence-electron chi connectivity index (χ1n) is 11.6. The van der Waals surface area contributed by atoms with Gasteiger partial charge in [-0.2, -0.15) is 0 Å². The zero-order valence-corrected chi connectivity index (χ0v) is 19.3. The minimum absolute atomic E-state index is 0.101. The second-order valence-electron chi connectivity index (χ2n) is 9.30. The molecule has 33 heavy (non-hydrogen) atoms. The van der Waals surface area contributed by atoms with Gasteiger partial charge < -0.3 is 9.88 Å². The van der Waals surface area contributed by atoms with E-state index in [2.05, 4.69) is 70.7 Å². The van der Waals surface area contributed by atoms with Crippen molar-refractivity contribution in [1.29, 1.82) is 0 Å². The highest BCUT2D eigenvalue weighted by Crippen LogP contribution is 2.40. The van der Waals surface area contributed by atoms with Crippen molar-refractivity contribution in [1.82, 2.24) is 24.9 Å². The van der Waals surface area contributed by atoms with Crippen LogP contribution in [-0.2, 0) is 19.4 Å². The van der Waals surface area contributed by atoms with Crippen LogP contribution >= 0.6 is 0 Å². The Morgan fingerprint density at radius 2 is 2.00 bits per heavy atom. The highest BCUT2D eigenvalue weighted by molar-refractivity contribution is 5.89. The number of hydrogen-bond acceptors (Lipinski definition) is 3. The van der Waals surface area contributed by atoms with Crippen molar-refractivity contribution in [2.24, 2.45) is 0 Å². The number of rotatable bonds is 7. The van der Waals surface area contributed by atoms with Crippen molar-refractivity contribution in [2.45, 2.75) is 44.2 Å². The molecule has 0 bridgehead atoms. The molecule has 0 saturated heterocycles. The lowest BCUT2D eigenvalue weighted by atomic mass is 9.76. The standard InChI is InChI=1S/C27H30FN5/c1-32(2)27(19-20-6-4-3-5-7-20)13-10-21(11-14-27)26-23(12-16-33-17-15-29-31-33)24-18-22(28)8-9-25(24)30-26/h3-10,15,17-18,30H,11-14,16,19H2,1-2H3. The van der Waals surface area contributed by atoms with Crippen LogP contribution in [0.2, 0.25) is 0 Å². The molecule has 1 unspecified atom stereocenters. The van der Waals surface area contributed by atoms with Crippen LogP contribution in [0.1, 0.15) is 36.1 Å². The Kier molecular flexibility index (Phi) is 5.85. The molecular formula is C27H30FN5. The van der Waals surface area contributed by atoms with E-state index in [4.69, 9.17) is 0 Å². The summed E-state index contributed by atoms with van der Waals surface area (Å²) in [4.78, 5) is 5.99. The van der Waals surface area contributed by atoms with Gasteiger partial charge in [0.1, 0.15) is 5.82 Å². The predicted molar refractivity (Wildman–Crippen MR) is 130 cm³/mol. The zero-order chi connectivity index (χ0) is 22.8. The van der Waals surface area contributed by atoms with Gasteiger partial charge >= 0.3 is 0 Å². The van der Waals surface area contributed by atoms with E-state index in [0.29, 0.717) is 6.54 Å². The SMILES string of the molecule is CN(C)C1(Cc2ccccc2)CC=C(c2[nH]c3ccc(F)cc3c2CCn2ccnn2)CC1. The lowest BCUT2D eigenvalue weighted by Gasteiger charge is -2.42. The van der Waals surface area contributed by atoms with Gasteiger partial charge in [0.15, 0.2) is 0 Å². The van der Waals surface area contributed by atoms with Gasteiger partial charge in [0.05, 0.1) is 6.20 Å². The van der Waals surface area contributed by atoms with E-state index in [9.17, 15) is 4.39 Å². The lowest BCUT2D eigenvalue weighted by molar-refractivity contribution is 0.138. The molecule has 5 rings (SSSR count). The molecule has 1 aliphatic carbocycles. The summed E-state index contributed by atoms with van der Waals surface area (Å²) in [5.74, 6) is -0.206. The number of halogens is 1. The topological polar surface area (TPSA) is 49.7 Å². The molecule has 0 saturated carbocycles. The third kappa shape index (κ3) is 4.35. The Bertz CT molecular complexity index is 1260. The highest BCUT2D eigenvalue weighted by atomic mass is 19.1. The summed E-state index contributed by atoms with van der Waals surface area (Å²) in [5, 5.41) is 8.96. The molecule has 6 heteroatoms. The first kappa shape index (κ1) is 21.6. The maximum absolute atomic E-state index is 14.1. The Morgan fingerprint density at radius 1 is 1.15 bits per heavy atom. The molecule has 5 nitrogen and oxygen atoms in total. The average molecular weight is 444 g/mol. The van der Waals surface area contributed by atoms with Crippen molar-refractivity contribution in [2.75, 3.05) is 14.1 Å². The van der Waals surface area contributed by atoms with Crippen LogP contribution in [0.25, 0.3) is 16.5 Å². The summed E-state index contributed by atoms with van der Waals surface area (Å²) in [7, 11) is 4.38. The summed E-state index contributed by atoms with van der Waals surface area (Å²) in [5.41, 5.74) is 6.08. The Morgan fingerprint density at radius 3 is 2.70 bits per heavy atom. The van der Waals surface area contributed by atoms with Crippen LogP contribution < -0.4 is 0 Å². The van der Waals surface area contributed by atoms with E-state index < -0.39 is 0 Å². The average Bonchev–Trinajstić information content (AvgIpc) is 3.46. The molecule has 2 aromatic heterocycles. The summed E-state index contributed by atoms with van der Waals surface area (Å²) in [6.07, 6.45) is 10.8. The first-order chi connectivity index (χ1) is 16.0. The molecule has 2 aromatic carbocycles. The minimum Gasteiger partial charge on any atom is -0.355 e. The molecule has 0 aliphatic heterocycles. The number of benzene rings is 2. The minimum atomic E-state index is -0.206. The zero-order valence-electron chi connectivity index (χ0n) is 19.3. The molecule has 0 radical (unpaired) electrons. The van der Waals surface area contributed by atoms with Gasteiger partial charge in [-0.3, -0.25) is 4.68 Å². The van der Waals surface area contributed by atoms with E-state index in [1.165, 1.54) is 17.2 Å². The van der Waals surface area contributed by atoms with Crippen molar-refractivity contribution in [3.05, 3.63) is 89.6 Å². The Labute approximate surface area is 193 Å². The van der Waals surface area contributed by atoms with Crippen molar-refractivity contribution >= 4 is 16.5 Å². The van der Waals surface area contributed by atoms with Gasteiger partial charge in [0.2, 0.25) is 0 Å². The number of hydrogen-bond donors (Lipinski definition) is 1. The predicted octanol–water partition coefficient (Wildman–Crippen LogP) is 5.25. The van der Waals surface area contributed by atoms with Gasteiger partial charge in [-0.05, 0) is 81.1 Å². The Hall–Kier alpha value is -3.25. The molecule has 170 valence electrons. The largest absolute Gasteiger partial charge is 0.355 e. The second kappa shape index (κ2) is 8.94. The van der Waals surface area contributed by atoms with Crippen LogP contribution in [0.3, 0.4) is 0 Å². The molecule has 1 aliphatic rings. The van der Waals surface area contributed by atoms with E-state index >= 15 is 0 Å². The number of nitrogens with zero attached hydrogens (tertiary/aromatic N) is 4. The monoisotopic (exact) mass is 443 g/mol. The van der Waals surface area contributed by atoms with E-state index in [-0.39, 0.29) is 11.4 Å². The van der Waals surface area contributed by atoms with Gasteiger partial charge in [0.25, 0.3) is 0 Å². The van der Waals surface area contributed by atoms with Crippen LogP contribution in [0, 0.1) is 5.82 Å². The molecule has 0 spiro atoms. The fourth-order valence-corrected chi connectivity index (χ4v) is 5.14. The van der Waals surface area contributed by atoms with Crippen molar-refractivity contribution in [3.8, 4) is 0 Å². The van der Waals surface area contributed by atoms with Crippen LogP contribution in [-0.4, -0.2) is 44.5 Å². The van der Waals surface area contributed by atoms with Crippen LogP contribution in [0.15, 0.2) is 67.0 Å². The van der Waals surface area contributed by atoms with Crippen molar-refractivity contribution < 1.29 is 4.39 Å². The second-order valence-corrected chi connectivity index (χ2v) is 9.30. The van der Waals surface area contributed by atoms with E-state index in [0.717, 1.165) is 54.3 Å².